The van der Waals surface area contributed by atoms with E-state index in [1.165, 1.54) is 0 Å². The summed E-state index contributed by atoms with van der Waals surface area (Å²) in [4.78, 5) is 35.4. The van der Waals surface area contributed by atoms with Gasteiger partial charge in [-0.05, 0) is 42.5 Å². The molecule has 0 fully saturated rings. The number of anilines is 1. The van der Waals surface area contributed by atoms with Crippen molar-refractivity contribution in [2.45, 2.75) is 0 Å². The normalized spacial score (nSPS) is 10.1. The van der Waals surface area contributed by atoms with E-state index in [9.17, 15) is 14.4 Å². The number of rotatable bonds is 6. The van der Waals surface area contributed by atoms with Crippen molar-refractivity contribution < 1.29 is 14.4 Å². The number of carbonyl (C=O) groups is 3. The quantitative estimate of drug-likeness (QED) is 0.582. The maximum absolute atomic E-state index is 11.8. The third-order valence-corrected chi connectivity index (χ3v) is 4.67. The van der Waals surface area contributed by atoms with Crippen LogP contribution in [0.25, 0.3) is 0 Å². The number of hydrogen-bond donors (Lipinski definition) is 3. The van der Waals surface area contributed by atoms with Crippen molar-refractivity contribution in [3.05, 3.63) is 63.6 Å². The monoisotopic (exact) mass is 455 g/mol. The average Bonchev–Trinajstić information content (AvgIpc) is 2.60. The van der Waals surface area contributed by atoms with Crippen LogP contribution in [0.5, 0.6) is 0 Å². The fraction of sp³-hybridized carbons (Fsp3) is 0.118. The Balaban J connectivity index is 1.66. The van der Waals surface area contributed by atoms with E-state index in [0.717, 1.165) is 16.2 Å². The lowest BCUT2D eigenvalue weighted by atomic mass is 10.2. The zero-order valence-electron chi connectivity index (χ0n) is 13.4. The van der Waals surface area contributed by atoms with Crippen LogP contribution in [0.2, 0.25) is 5.02 Å². The molecule has 26 heavy (non-hydrogen) atoms. The average molecular weight is 457 g/mol. The van der Waals surface area contributed by atoms with Crippen LogP contribution in [0, 0.1) is 0 Å². The highest BCUT2D eigenvalue weighted by atomic mass is 79.9. The van der Waals surface area contributed by atoms with E-state index in [1.54, 1.807) is 36.4 Å². The van der Waals surface area contributed by atoms with Gasteiger partial charge in [0.25, 0.3) is 5.91 Å². The molecule has 0 atom stereocenters. The lowest BCUT2D eigenvalue weighted by Crippen LogP contribution is -2.42. The van der Waals surface area contributed by atoms with E-state index in [2.05, 4.69) is 32.1 Å². The Morgan fingerprint density at radius 3 is 2.35 bits per heavy atom. The Kier molecular flexibility index (Phi) is 7.96. The van der Waals surface area contributed by atoms with Crippen molar-refractivity contribution in [3.8, 4) is 0 Å². The fourth-order valence-corrected chi connectivity index (χ4v) is 2.98. The molecule has 0 unspecified atom stereocenters. The second kappa shape index (κ2) is 10.2. The highest BCUT2D eigenvalue weighted by Gasteiger charge is 2.09. The predicted octanol–water partition coefficient (Wildman–Crippen LogP) is 3.24. The molecule has 3 amide bonds. The Hall–Kier alpha value is -2.03. The second-order valence-electron chi connectivity index (χ2n) is 5.06. The molecule has 0 radical (unpaired) electrons. The third kappa shape index (κ3) is 7.07. The lowest BCUT2D eigenvalue weighted by molar-refractivity contribution is -0.119. The minimum absolute atomic E-state index is 0.0345. The summed E-state index contributed by atoms with van der Waals surface area (Å²) in [6.07, 6.45) is 0. The van der Waals surface area contributed by atoms with E-state index in [0.29, 0.717) is 16.3 Å². The van der Waals surface area contributed by atoms with Crippen molar-refractivity contribution in [2.75, 3.05) is 16.8 Å². The number of amides is 3. The highest BCUT2D eigenvalue weighted by Crippen LogP contribution is 2.16. The highest BCUT2D eigenvalue weighted by molar-refractivity contribution is 9.10. The van der Waals surface area contributed by atoms with Gasteiger partial charge in [-0.15, -0.1) is 11.8 Å². The molecule has 2 aromatic carbocycles. The maximum Gasteiger partial charge on any atom is 0.269 e. The van der Waals surface area contributed by atoms with Crippen LogP contribution in [0.15, 0.2) is 53.0 Å². The molecule has 0 heterocycles. The van der Waals surface area contributed by atoms with Crippen molar-refractivity contribution in [1.29, 1.82) is 0 Å². The summed E-state index contributed by atoms with van der Waals surface area (Å²) in [7, 11) is 0. The van der Waals surface area contributed by atoms with Gasteiger partial charge in [-0.3, -0.25) is 25.2 Å². The SMILES string of the molecule is O=C(CSCC(=O)Nc1cccc(Br)c1)NNC(=O)c1ccc(Cl)cc1. The van der Waals surface area contributed by atoms with Gasteiger partial charge in [0.2, 0.25) is 11.8 Å². The molecule has 3 N–H and O–H groups in total. The third-order valence-electron chi connectivity index (χ3n) is 3.00. The van der Waals surface area contributed by atoms with Crippen LogP contribution in [-0.2, 0) is 9.59 Å². The van der Waals surface area contributed by atoms with Crippen molar-refractivity contribution >= 4 is 62.7 Å². The van der Waals surface area contributed by atoms with E-state index >= 15 is 0 Å². The van der Waals surface area contributed by atoms with Gasteiger partial charge in [-0.2, -0.15) is 0 Å². The molecule has 0 spiro atoms. The number of hydrogen-bond acceptors (Lipinski definition) is 4. The zero-order valence-corrected chi connectivity index (χ0v) is 16.6. The summed E-state index contributed by atoms with van der Waals surface area (Å²) in [6, 6.07) is 13.5. The van der Waals surface area contributed by atoms with E-state index in [1.807, 2.05) is 12.1 Å². The smallest absolute Gasteiger partial charge is 0.269 e. The van der Waals surface area contributed by atoms with Gasteiger partial charge in [0, 0.05) is 20.7 Å². The summed E-state index contributed by atoms with van der Waals surface area (Å²) >= 11 is 10.2. The molecule has 0 aliphatic heterocycles. The minimum atomic E-state index is -0.451. The second-order valence-corrected chi connectivity index (χ2v) is 7.40. The standard InChI is InChI=1S/C17H15BrClN3O3S/c18-12-2-1-3-14(8-12)20-15(23)9-26-10-16(24)21-22-17(25)11-4-6-13(19)7-5-11/h1-8H,9-10H2,(H,20,23)(H,21,24)(H,22,25). The number of halogens is 2. The summed E-state index contributed by atoms with van der Waals surface area (Å²) in [5, 5.41) is 3.25. The molecule has 0 aliphatic rings. The molecule has 0 saturated carbocycles. The van der Waals surface area contributed by atoms with Crippen LogP contribution in [0.3, 0.4) is 0 Å². The lowest BCUT2D eigenvalue weighted by Gasteiger charge is -2.08. The molecule has 136 valence electrons. The number of nitrogens with one attached hydrogen (secondary N) is 3. The van der Waals surface area contributed by atoms with Crippen molar-refractivity contribution in [3.63, 3.8) is 0 Å². The van der Waals surface area contributed by atoms with Crippen LogP contribution in [0.4, 0.5) is 5.69 Å². The number of thioether (sulfide) groups is 1. The molecular formula is C17H15BrClN3O3S. The van der Waals surface area contributed by atoms with E-state index in [-0.39, 0.29) is 17.4 Å². The molecule has 2 aromatic rings. The Morgan fingerprint density at radius 2 is 1.65 bits per heavy atom. The first-order chi connectivity index (χ1) is 12.4. The first-order valence-corrected chi connectivity index (χ1v) is 9.74. The van der Waals surface area contributed by atoms with Gasteiger partial charge in [-0.1, -0.05) is 33.6 Å². The van der Waals surface area contributed by atoms with Crippen LogP contribution in [-0.4, -0.2) is 29.2 Å². The summed E-state index contributed by atoms with van der Waals surface area (Å²) < 4.78 is 0.860. The molecule has 2 rings (SSSR count). The number of carbonyl (C=O) groups excluding carboxylic acids is 3. The minimum Gasteiger partial charge on any atom is -0.325 e. The zero-order chi connectivity index (χ0) is 18.9. The Bertz CT molecular complexity index is 802. The molecule has 6 nitrogen and oxygen atoms in total. The van der Waals surface area contributed by atoms with Gasteiger partial charge < -0.3 is 5.32 Å². The first kappa shape index (κ1) is 20.3. The van der Waals surface area contributed by atoms with Crippen LogP contribution < -0.4 is 16.2 Å². The summed E-state index contributed by atoms with van der Waals surface area (Å²) in [6.45, 7) is 0. The van der Waals surface area contributed by atoms with Crippen molar-refractivity contribution in [2.24, 2.45) is 0 Å². The Morgan fingerprint density at radius 1 is 0.962 bits per heavy atom. The van der Waals surface area contributed by atoms with Crippen LogP contribution >= 0.6 is 39.3 Å². The topological polar surface area (TPSA) is 87.3 Å². The van der Waals surface area contributed by atoms with Crippen molar-refractivity contribution in [1.82, 2.24) is 10.9 Å². The van der Waals surface area contributed by atoms with Gasteiger partial charge in [0.05, 0.1) is 11.5 Å². The molecule has 9 heteroatoms. The summed E-state index contributed by atoms with van der Waals surface area (Å²) in [5.74, 6) is -0.927. The predicted molar refractivity (Wildman–Crippen MR) is 107 cm³/mol. The first-order valence-electron chi connectivity index (χ1n) is 7.42. The van der Waals surface area contributed by atoms with E-state index in [4.69, 9.17) is 11.6 Å². The Labute approximate surface area is 168 Å². The van der Waals surface area contributed by atoms with Gasteiger partial charge in [0.15, 0.2) is 0 Å². The van der Waals surface area contributed by atoms with Crippen LogP contribution in [0.1, 0.15) is 10.4 Å². The molecule has 0 aliphatic carbocycles. The van der Waals surface area contributed by atoms with Gasteiger partial charge in [0.1, 0.15) is 0 Å². The largest absolute Gasteiger partial charge is 0.325 e. The number of hydrazine groups is 1. The van der Waals surface area contributed by atoms with Gasteiger partial charge >= 0.3 is 0 Å². The van der Waals surface area contributed by atoms with Gasteiger partial charge in [-0.25, -0.2) is 0 Å². The fourth-order valence-electron chi connectivity index (χ4n) is 1.84. The number of benzene rings is 2. The molecule has 0 bridgehead atoms. The molecule has 0 saturated heterocycles. The molecule has 0 aromatic heterocycles. The molecular weight excluding hydrogens is 442 g/mol. The van der Waals surface area contributed by atoms with E-state index < -0.39 is 11.8 Å². The maximum atomic E-state index is 11.8. The summed E-state index contributed by atoms with van der Waals surface area (Å²) in [5.41, 5.74) is 5.64.